The van der Waals surface area contributed by atoms with Gasteiger partial charge in [-0.25, -0.2) is 0 Å². The van der Waals surface area contributed by atoms with Gasteiger partial charge in [0.05, 0.1) is 4.34 Å². The lowest BCUT2D eigenvalue weighted by Crippen LogP contribution is -2.16. The molecule has 0 saturated carbocycles. The monoisotopic (exact) mass is 329 g/mol. The van der Waals surface area contributed by atoms with Crippen molar-refractivity contribution in [2.45, 2.75) is 13.0 Å². The summed E-state index contributed by atoms with van der Waals surface area (Å²) in [5.74, 6) is 0. The SMILES string of the molecule is Clc1ccc(CCNCc2ccc(Br)cc2)s1. The smallest absolute Gasteiger partial charge is 0.0931 e. The zero-order valence-electron chi connectivity index (χ0n) is 9.25. The molecule has 1 heterocycles. The summed E-state index contributed by atoms with van der Waals surface area (Å²) in [6, 6.07) is 12.4. The Morgan fingerprint density at radius 3 is 2.53 bits per heavy atom. The van der Waals surface area contributed by atoms with Gasteiger partial charge in [-0.2, -0.15) is 0 Å². The highest BCUT2D eigenvalue weighted by Gasteiger charge is 1.98. The highest BCUT2D eigenvalue weighted by atomic mass is 79.9. The zero-order chi connectivity index (χ0) is 12.1. The molecule has 0 aliphatic rings. The van der Waals surface area contributed by atoms with Gasteiger partial charge in [-0.1, -0.05) is 39.7 Å². The van der Waals surface area contributed by atoms with Crippen molar-refractivity contribution in [3.8, 4) is 0 Å². The molecule has 0 atom stereocenters. The number of rotatable bonds is 5. The number of nitrogens with one attached hydrogen (secondary N) is 1. The van der Waals surface area contributed by atoms with Crippen LogP contribution in [-0.2, 0) is 13.0 Å². The van der Waals surface area contributed by atoms with Crippen LogP contribution in [0.15, 0.2) is 40.9 Å². The minimum absolute atomic E-state index is 0.868. The predicted molar refractivity (Wildman–Crippen MR) is 78.9 cm³/mol. The van der Waals surface area contributed by atoms with Crippen LogP contribution >= 0.6 is 38.9 Å². The first kappa shape index (κ1) is 13.1. The molecule has 0 unspecified atom stereocenters. The normalized spacial score (nSPS) is 10.7. The highest BCUT2D eigenvalue weighted by molar-refractivity contribution is 9.10. The maximum atomic E-state index is 5.88. The second kappa shape index (κ2) is 6.55. The van der Waals surface area contributed by atoms with Gasteiger partial charge < -0.3 is 5.32 Å². The average molecular weight is 331 g/mol. The van der Waals surface area contributed by atoms with Crippen molar-refractivity contribution >= 4 is 38.9 Å². The maximum Gasteiger partial charge on any atom is 0.0931 e. The van der Waals surface area contributed by atoms with Crippen LogP contribution in [0.1, 0.15) is 10.4 Å². The summed E-state index contributed by atoms with van der Waals surface area (Å²) in [6.07, 6.45) is 1.04. The van der Waals surface area contributed by atoms with Gasteiger partial charge in [0, 0.05) is 22.4 Å². The van der Waals surface area contributed by atoms with Gasteiger partial charge in [0.1, 0.15) is 0 Å². The summed E-state index contributed by atoms with van der Waals surface area (Å²) in [6.45, 7) is 1.89. The van der Waals surface area contributed by atoms with E-state index in [1.807, 2.05) is 6.07 Å². The van der Waals surface area contributed by atoms with Gasteiger partial charge in [-0.05, 0) is 36.2 Å². The largest absolute Gasteiger partial charge is 0.312 e. The molecular weight excluding hydrogens is 318 g/mol. The Balaban J connectivity index is 1.71. The summed E-state index contributed by atoms with van der Waals surface area (Å²) < 4.78 is 1.99. The second-order valence-corrected chi connectivity index (χ2v) is 6.47. The van der Waals surface area contributed by atoms with Gasteiger partial charge in [-0.15, -0.1) is 11.3 Å². The Morgan fingerprint density at radius 1 is 1.12 bits per heavy atom. The van der Waals surface area contributed by atoms with E-state index in [2.05, 4.69) is 51.6 Å². The summed E-state index contributed by atoms with van der Waals surface area (Å²) >= 11 is 11.0. The lowest BCUT2D eigenvalue weighted by Gasteiger charge is -2.04. The minimum atomic E-state index is 0.868. The fourth-order valence-corrected chi connectivity index (χ4v) is 2.88. The predicted octanol–water partition coefficient (Wildman–Crippen LogP) is 4.50. The fourth-order valence-electron chi connectivity index (χ4n) is 1.53. The van der Waals surface area contributed by atoms with Crippen molar-refractivity contribution < 1.29 is 0 Å². The van der Waals surface area contributed by atoms with Gasteiger partial charge in [0.25, 0.3) is 0 Å². The minimum Gasteiger partial charge on any atom is -0.312 e. The van der Waals surface area contributed by atoms with E-state index >= 15 is 0 Å². The van der Waals surface area contributed by atoms with E-state index in [1.165, 1.54) is 10.4 Å². The first-order valence-electron chi connectivity index (χ1n) is 5.43. The first-order valence-corrected chi connectivity index (χ1v) is 7.42. The summed E-state index contributed by atoms with van der Waals surface area (Å²) in [5.41, 5.74) is 1.30. The number of halogens is 2. The molecule has 17 heavy (non-hydrogen) atoms. The summed E-state index contributed by atoms with van der Waals surface area (Å²) in [4.78, 5) is 1.33. The Hall–Kier alpha value is -0.350. The maximum absolute atomic E-state index is 5.88. The quantitative estimate of drug-likeness (QED) is 0.796. The second-order valence-electron chi connectivity index (χ2n) is 3.76. The molecule has 1 nitrogen and oxygen atoms in total. The average Bonchev–Trinajstić information content (AvgIpc) is 2.73. The molecule has 0 spiro atoms. The van der Waals surface area contributed by atoms with Crippen LogP contribution in [0.5, 0.6) is 0 Å². The Kier molecular flexibility index (Phi) is 5.04. The highest BCUT2D eigenvalue weighted by Crippen LogP contribution is 2.21. The fraction of sp³-hybridized carbons (Fsp3) is 0.231. The van der Waals surface area contributed by atoms with E-state index in [0.29, 0.717) is 0 Å². The molecule has 0 saturated heterocycles. The van der Waals surface area contributed by atoms with Gasteiger partial charge in [-0.3, -0.25) is 0 Å². The van der Waals surface area contributed by atoms with Crippen LogP contribution in [0.3, 0.4) is 0 Å². The van der Waals surface area contributed by atoms with Crippen molar-refractivity contribution in [1.29, 1.82) is 0 Å². The van der Waals surface area contributed by atoms with Crippen LogP contribution < -0.4 is 5.32 Å². The molecule has 0 aliphatic carbocycles. The molecule has 1 aromatic heterocycles. The van der Waals surface area contributed by atoms with E-state index in [1.54, 1.807) is 11.3 Å². The summed E-state index contributed by atoms with van der Waals surface area (Å²) in [5, 5.41) is 3.43. The van der Waals surface area contributed by atoms with Crippen molar-refractivity contribution in [2.75, 3.05) is 6.54 Å². The third kappa shape index (κ3) is 4.43. The number of hydrogen-bond donors (Lipinski definition) is 1. The third-order valence-corrected chi connectivity index (χ3v) is 4.24. The van der Waals surface area contributed by atoms with E-state index in [0.717, 1.165) is 28.3 Å². The molecule has 0 amide bonds. The zero-order valence-corrected chi connectivity index (χ0v) is 12.4. The Morgan fingerprint density at radius 2 is 1.88 bits per heavy atom. The lowest BCUT2D eigenvalue weighted by molar-refractivity contribution is 0.690. The molecule has 1 aromatic carbocycles. The molecule has 0 bridgehead atoms. The van der Waals surface area contributed by atoms with Crippen LogP contribution in [0.25, 0.3) is 0 Å². The third-order valence-electron chi connectivity index (χ3n) is 2.42. The Labute approximate surface area is 119 Å². The standard InChI is InChI=1S/C13H13BrClNS/c14-11-3-1-10(2-4-11)9-16-8-7-12-5-6-13(15)17-12/h1-6,16H,7-9H2. The van der Waals surface area contributed by atoms with Crippen molar-refractivity contribution in [1.82, 2.24) is 5.32 Å². The van der Waals surface area contributed by atoms with Crippen molar-refractivity contribution in [2.24, 2.45) is 0 Å². The van der Waals surface area contributed by atoms with Crippen LogP contribution in [-0.4, -0.2) is 6.54 Å². The molecule has 1 N–H and O–H groups in total. The van der Waals surface area contributed by atoms with E-state index in [-0.39, 0.29) is 0 Å². The molecule has 90 valence electrons. The molecule has 0 fully saturated rings. The number of thiophene rings is 1. The van der Waals surface area contributed by atoms with Crippen LogP contribution in [0.4, 0.5) is 0 Å². The van der Waals surface area contributed by atoms with Crippen molar-refractivity contribution in [3.63, 3.8) is 0 Å². The number of benzene rings is 1. The first-order chi connectivity index (χ1) is 8.24. The molecule has 0 aliphatic heterocycles. The number of hydrogen-bond acceptors (Lipinski definition) is 2. The van der Waals surface area contributed by atoms with E-state index in [9.17, 15) is 0 Å². The topological polar surface area (TPSA) is 12.0 Å². The molecular formula is C13H13BrClNS. The van der Waals surface area contributed by atoms with Gasteiger partial charge in [0.2, 0.25) is 0 Å². The Bertz CT molecular complexity index is 467. The molecule has 0 radical (unpaired) electrons. The van der Waals surface area contributed by atoms with E-state index < -0.39 is 0 Å². The lowest BCUT2D eigenvalue weighted by atomic mass is 10.2. The van der Waals surface area contributed by atoms with Crippen LogP contribution in [0.2, 0.25) is 4.34 Å². The van der Waals surface area contributed by atoms with Gasteiger partial charge >= 0.3 is 0 Å². The van der Waals surface area contributed by atoms with Gasteiger partial charge in [0.15, 0.2) is 0 Å². The van der Waals surface area contributed by atoms with Crippen molar-refractivity contribution in [3.05, 3.63) is 55.6 Å². The molecule has 2 aromatic rings. The van der Waals surface area contributed by atoms with Crippen LogP contribution in [0, 0.1) is 0 Å². The molecule has 4 heteroatoms. The van der Waals surface area contributed by atoms with E-state index in [4.69, 9.17) is 11.6 Å². The summed E-state index contributed by atoms with van der Waals surface area (Å²) in [7, 11) is 0. The molecule has 2 rings (SSSR count).